The molecule has 2 aromatic rings. The molecule has 1 aromatic heterocycles. The van der Waals surface area contributed by atoms with Gasteiger partial charge in [-0.3, -0.25) is 4.79 Å². The summed E-state index contributed by atoms with van der Waals surface area (Å²) in [5.41, 5.74) is 2.88. The number of ether oxygens (including phenoxy) is 1. The number of aromatic hydroxyl groups is 1. The van der Waals surface area contributed by atoms with E-state index >= 15 is 0 Å². The number of hydrazone groups is 1. The molecule has 0 saturated carbocycles. The van der Waals surface area contributed by atoms with Crippen LogP contribution in [-0.2, 0) is 0 Å². The van der Waals surface area contributed by atoms with Crippen LogP contribution in [0.4, 0.5) is 0 Å². The zero-order valence-corrected chi connectivity index (χ0v) is 11.7. The van der Waals surface area contributed by atoms with Gasteiger partial charge in [0, 0.05) is 5.56 Å². The van der Waals surface area contributed by atoms with Gasteiger partial charge in [-0.15, -0.1) is 11.3 Å². The first kappa shape index (κ1) is 14.1. The van der Waals surface area contributed by atoms with Crippen molar-refractivity contribution in [3.05, 3.63) is 46.2 Å². The van der Waals surface area contributed by atoms with Crippen LogP contribution in [0.15, 0.2) is 40.8 Å². The number of hydrogen-bond donors (Lipinski definition) is 2. The van der Waals surface area contributed by atoms with E-state index in [2.05, 4.69) is 10.5 Å². The van der Waals surface area contributed by atoms with E-state index < -0.39 is 0 Å². The second-order valence-corrected chi connectivity index (χ2v) is 4.75. The Morgan fingerprint density at radius 1 is 1.45 bits per heavy atom. The molecule has 0 unspecified atom stereocenters. The molecule has 20 heavy (non-hydrogen) atoms. The number of para-hydroxylation sites is 1. The molecule has 0 atom stereocenters. The van der Waals surface area contributed by atoms with Crippen LogP contribution in [0.3, 0.4) is 0 Å². The third-order valence-electron chi connectivity index (χ3n) is 2.44. The minimum Gasteiger partial charge on any atom is -0.504 e. The van der Waals surface area contributed by atoms with Crippen molar-refractivity contribution in [3.63, 3.8) is 0 Å². The van der Waals surface area contributed by atoms with Crippen molar-refractivity contribution in [2.24, 2.45) is 5.10 Å². The number of hydrogen-bond acceptors (Lipinski definition) is 5. The van der Waals surface area contributed by atoms with Gasteiger partial charge in [-0.2, -0.15) is 5.10 Å². The molecule has 1 aromatic carbocycles. The minimum atomic E-state index is -0.281. The molecule has 0 aliphatic rings. The smallest absolute Gasteiger partial charge is 0.281 e. The van der Waals surface area contributed by atoms with Gasteiger partial charge in [-0.1, -0.05) is 12.1 Å². The molecule has 0 bridgehead atoms. The van der Waals surface area contributed by atoms with Gasteiger partial charge in [0.2, 0.25) is 0 Å². The van der Waals surface area contributed by atoms with E-state index in [1.54, 1.807) is 30.3 Å². The molecule has 0 aliphatic heterocycles. The Labute approximate surface area is 120 Å². The van der Waals surface area contributed by atoms with E-state index in [0.29, 0.717) is 22.8 Å². The molecule has 5 nitrogen and oxygen atoms in total. The van der Waals surface area contributed by atoms with Gasteiger partial charge in [0.15, 0.2) is 11.5 Å². The van der Waals surface area contributed by atoms with E-state index in [0.717, 1.165) is 0 Å². The van der Waals surface area contributed by atoms with E-state index in [4.69, 9.17) is 4.74 Å². The van der Waals surface area contributed by atoms with E-state index in [9.17, 15) is 9.90 Å². The lowest BCUT2D eigenvalue weighted by Crippen LogP contribution is -2.16. The monoisotopic (exact) mass is 290 g/mol. The van der Waals surface area contributed by atoms with E-state index in [-0.39, 0.29) is 11.7 Å². The van der Waals surface area contributed by atoms with Crippen molar-refractivity contribution in [3.8, 4) is 11.5 Å². The number of carbonyl (C=O) groups excluding carboxylic acids is 1. The van der Waals surface area contributed by atoms with Crippen LogP contribution in [0.5, 0.6) is 11.5 Å². The number of nitrogens with zero attached hydrogens (tertiary/aromatic N) is 1. The van der Waals surface area contributed by atoms with Gasteiger partial charge < -0.3 is 9.84 Å². The predicted molar refractivity (Wildman–Crippen MR) is 78.7 cm³/mol. The average molecular weight is 290 g/mol. The first-order valence-electron chi connectivity index (χ1n) is 6.04. The number of nitrogens with one attached hydrogen (secondary N) is 1. The van der Waals surface area contributed by atoms with Gasteiger partial charge in [0.05, 0.1) is 17.7 Å². The lowest BCUT2D eigenvalue weighted by Gasteiger charge is -2.07. The molecule has 0 fully saturated rings. The van der Waals surface area contributed by atoms with Gasteiger partial charge in [0.1, 0.15) is 0 Å². The SMILES string of the molecule is CCOc1cccc(/C=N/NC(=O)c2cccs2)c1O. The summed E-state index contributed by atoms with van der Waals surface area (Å²) >= 11 is 1.33. The van der Waals surface area contributed by atoms with Crippen LogP contribution in [0.1, 0.15) is 22.2 Å². The van der Waals surface area contributed by atoms with Crippen LogP contribution in [0.2, 0.25) is 0 Å². The molecule has 0 saturated heterocycles. The van der Waals surface area contributed by atoms with E-state index in [1.807, 2.05) is 12.3 Å². The van der Waals surface area contributed by atoms with Gasteiger partial charge in [-0.05, 0) is 30.5 Å². The molecule has 6 heteroatoms. The fourth-order valence-corrected chi connectivity index (χ4v) is 2.15. The van der Waals surface area contributed by atoms with E-state index in [1.165, 1.54) is 17.6 Å². The Morgan fingerprint density at radius 2 is 2.30 bits per heavy atom. The zero-order chi connectivity index (χ0) is 14.4. The molecular weight excluding hydrogens is 276 g/mol. The summed E-state index contributed by atoms with van der Waals surface area (Å²) in [5, 5.41) is 15.6. The largest absolute Gasteiger partial charge is 0.504 e. The molecule has 104 valence electrons. The third kappa shape index (κ3) is 3.36. The summed E-state index contributed by atoms with van der Waals surface area (Å²) in [6, 6.07) is 8.59. The predicted octanol–water partition coefficient (Wildman–Crippen LogP) is 2.62. The molecule has 0 spiro atoms. The highest BCUT2D eigenvalue weighted by molar-refractivity contribution is 7.12. The molecule has 2 rings (SSSR count). The summed E-state index contributed by atoms with van der Waals surface area (Å²) in [5.74, 6) is 0.112. The van der Waals surface area contributed by atoms with Crippen molar-refractivity contribution in [1.29, 1.82) is 0 Å². The Morgan fingerprint density at radius 3 is 3.00 bits per heavy atom. The number of thiophene rings is 1. The first-order chi connectivity index (χ1) is 9.72. The second kappa shape index (κ2) is 6.72. The Hall–Kier alpha value is -2.34. The number of amides is 1. The average Bonchev–Trinajstić information content (AvgIpc) is 2.97. The highest BCUT2D eigenvalue weighted by atomic mass is 32.1. The number of phenols is 1. The highest BCUT2D eigenvalue weighted by Crippen LogP contribution is 2.28. The lowest BCUT2D eigenvalue weighted by atomic mass is 10.2. The summed E-state index contributed by atoms with van der Waals surface area (Å²) in [6.07, 6.45) is 1.38. The number of rotatable bonds is 5. The van der Waals surface area contributed by atoms with Crippen LogP contribution in [0, 0.1) is 0 Å². The molecule has 2 N–H and O–H groups in total. The molecule has 0 radical (unpaired) electrons. The normalized spacial score (nSPS) is 10.7. The quantitative estimate of drug-likeness (QED) is 0.657. The van der Waals surface area contributed by atoms with Gasteiger partial charge in [-0.25, -0.2) is 5.43 Å². The maximum absolute atomic E-state index is 11.6. The maximum atomic E-state index is 11.6. The summed E-state index contributed by atoms with van der Waals surface area (Å²) in [4.78, 5) is 12.2. The lowest BCUT2D eigenvalue weighted by molar-refractivity contribution is 0.0959. The Balaban J connectivity index is 2.04. The van der Waals surface area contributed by atoms with Crippen molar-refractivity contribution < 1.29 is 14.6 Å². The zero-order valence-electron chi connectivity index (χ0n) is 10.9. The molecule has 1 amide bonds. The third-order valence-corrected chi connectivity index (χ3v) is 3.31. The number of benzene rings is 1. The van der Waals surface area contributed by atoms with Crippen LogP contribution >= 0.6 is 11.3 Å². The van der Waals surface area contributed by atoms with Gasteiger partial charge in [0.25, 0.3) is 5.91 Å². The molecule has 0 aliphatic carbocycles. The van der Waals surface area contributed by atoms with Crippen molar-refractivity contribution in [2.45, 2.75) is 6.92 Å². The Kier molecular flexibility index (Phi) is 4.73. The minimum absolute atomic E-state index is 0.00322. The first-order valence-corrected chi connectivity index (χ1v) is 6.92. The summed E-state index contributed by atoms with van der Waals surface area (Å²) in [7, 11) is 0. The number of phenolic OH excluding ortho intramolecular Hbond substituents is 1. The highest BCUT2D eigenvalue weighted by Gasteiger charge is 2.07. The summed E-state index contributed by atoms with van der Waals surface area (Å²) in [6.45, 7) is 2.30. The maximum Gasteiger partial charge on any atom is 0.281 e. The fraction of sp³-hybridized carbons (Fsp3) is 0.143. The van der Waals surface area contributed by atoms with Crippen LogP contribution < -0.4 is 10.2 Å². The van der Waals surface area contributed by atoms with Gasteiger partial charge >= 0.3 is 0 Å². The van der Waals surface area contributed by atoms with Crippen molar-refractivity contribution in [2.75, 3.05) is 6.61 Å². The van der Waals surface area contributed by atoms with Crippen LogP contribution in [-0.4, -0.2) is 23.8 Å². The topological polar surface area (TPSA) is 70.9 Å². The Bertz CT molecular complexity index is 609. The standard InChI is InChI=1S/C14H14N2O3S/c1-2-19-11-6-3-5-10(13(11)17)9-15-16-14(18)12-7-4-8-20-12/h3-9,17H,2H2,1H3,(H,16,18)/b15-9+. The van der Waals surface area contributed by atoms with Crippen molar-refractivity contribution >= 4 is 23.5 Å². The van der Waals surface area contributed by atoms with Crippen LogP contribution in [0.25, 0.3) is 0 Å². The second-order valence-electron chi connectivity index (χ2n) is 3.80. The molecular formula is C14H14N2O3S. The summed E-state index contributed by atoms with van der Waals surface area (Å²) < 4.78 is 5.27. The number of carbonyl (C=O) groups is 1. The molecule has 1 heterocycles. The van der Waals surface area contributed by atoms with Crippen molar-refractivity contribution in [1.82, 2.24) is 5.43 Å². The fourth-order valence-electron chi connectivity index (χ4n) is 1.54.